The zero-order valence-corrected chi connectivity index (χ0v) is 17.6. The standard InChI is InChI=1S/C25H34O4/c1-2-3-4-5-6-7-8-9-10-11-12-15-19-24(27)20(26)18-23-25(19)29-22-17-14-13-16-21(22)28-23/h13-14,16-18,26-27H,2-12,15H2,1H3. The molecule has 158 valence electrons. The lowest BCUT2D eigenvalue weighted by molar-refractivity contribution is 0.340. The molecule has 0 aromatic heterocycles. The predicted octanol–water partition coefficient (Wildman–Crippen LogP) is 7.85. The fraction of sp³-hybridized carbons (Fsp3) is 0.520. The van der Waals surface area contributed by atoms with E-state index in [0.717, 1.165) is 12.8 Å². The lowest BCUT2D eigenvalue weighted by Gasteiger charge is -2.23. The van der Waals surface area contributed by atoms with Crippen LogP contribution in [0.15, 0.2) is 30.3 Å². The smallest absolute Gasteiger partial charge is 0.177 e. The molecule has 2 aromatic rings. The van der Waals surface area contributed by atoms with Gasteiger partial charge in [0.15, 0.2) is 34.5 Å². The third-order valence-electron chi connectivity index (χ3n) is 5.61. The Morgan fingerprint density at radius 1 is 0.690 bits per heavy atom. The molecule has 29 heavy (non-hydrogen) atoms. The first-order valence-corrected chi connectivity index (χ1v) is 11.2. The van der Waals surface area contributed by atoms with Crippen molar-refractivity contribution in [2.45, 2.75) is 84.0 Å². The predicted molar refractivity (Wildman–Crippen MR) is 117 cm³/mol. The van der Waals surface area contributed by atoms with Crippen molar-refractivity contribution in [1.29, 1.82) is 0 Å². The quantitative estimate of drug-likeness (QED) is 0.241. The molecule has 1 heterocycles. The average molecular weight is 399 g/mol. The lowest BCUT2D eigenvalue weighted by Crippen LogP contribution is -2.02. The van der Waals surface area contributed by atoms with Gasteiger partial charge in [0.25, 0.3) is 0 Å². The Morgan fingerprint density at radius 2 is 1.24 bits per heavy atom. The van der Waals surface area contributed by atoms with Crippen molar-refractivity contribution in [2.24, 2.45) is 0 Å². The monoisotopic (exact) mass is 398 g/mol. The SMILES string of the molecule is CCCCCCCCCCCCCc1c(O)c(O)cc2c1Oc1ccccc1O2. The molecular weight excluding hydrogens is 364 g/mol. The molecule has 2 N–H and O–H groups in total. The molecule has 0 spiro atoms. The number of phenolic OH excluding ortho intramolecular Hbond substituents is 2. The van der Waals surface area contributed by atoms with E-state index in [-0.39, 0.29) is 11.5 Å². The van der Waals surface area contributed by atoms with Crippen molar-refractivity contribution in [3.8, 4) is 34.5 Å². The first kappa shape index (κ1) is 21.4. The van der Waals surface area contributed by atoms with Gasteiger partial charge in [-0.15, -0.1) is 0 Å². The minimum atomic E-state index is -0.162. The van der Waals surface area contributed by atoms with Gasteiger partial charge in [0.1, 0.15) is 0 Å². The molecule has 0 aliphatic carbocycles. The fourth-order valence-electron chi connectivity index (χ4n) is 3.90. The second kappa shape index (κ2) is 11.0. The van der Waals surface area contributed by atoms with Gasteiger partial charge < -0.3 is 19.7 Å². The molecule has 0 radical (unpaired) electrons. The summed E-state index contributed by atoms with van der Waals surface area (Å²) in [6.45, 7) is 2.25. The number of para-hydroxylation sites is 2. The van der Waals surface area contributed by atoms with Crippen LogP contribution >= 0.6 is 0 Å². The highest BCUT2D eigenvalue weighted by Crippen LogP contribution is 2.52. The number of hydrogen-bond donors (Lipinski definition) is 2. The van der Waals surface area contributed by atoms with Gasteiger partial charge in [-0.25, -0.2) is 0 Å². The Morgan fingerprint density at radius 3 is 1.86 bits per heavy atom. The van der Waals surface area contributed by atoms with E-state index in [1.807, 2.05) is 24.3 Å². The molecule has 0 amide bonds. The first-order chi connectivity index (χ1) is 14.2. The molecule has 1 aliphatic heterocycles. The van der Waals surface area contributed by atoms with Crippen molar-refractivity contribution < 1.29 is 19.7 Å². The maximum atomic E-state index is 10.4. The summed E-state index contributed by atoms with van der Waals surface area (Å²) in [6.07, 6.45) is 14.6. The summed E-state index contributed by atoms with van der Waals surface area (Å²) in [4.78, 5) is 0. The molecule has 4 nitrogen and oxygen atoms in total. The third-order valence-corrected chi connectivity index (χ3v) is 5.61. The zero-order valence-electron chi connectivity index (χ0n) is 17.6. The van der Waals surface area contributed by atoms with E-state index in [1.54, 1.807) is 0 Å². The molecule has 2 aromatic carbocycles. The van der Waals surface area contributed by atoms with E-state index >= 15 is 0 Å². The van der Waals surface area contributed by atoms with Gasteiger partial charge >= 0.3 is 0 Å². The maximum Gasteiger partial charge on any atom is 0.177 e. The summed E-state index contributed by atoms with van der Waals surface area (Å²) in [6, 6.07) is 8.85. The van der Waals surface area contributed by atoms with Crippen LogP contribution in [0.4, 0.5) is 0 Å². The van der Waals surface area contributed by atoms with Crippen molar-refractivity contribution in [1.82, 2.24) is 0 Å². The van der Waals surface area contributed by atoms with Gasteiger partial charge in [0.05, 0.1) is 0 Å². The summed E-state index contributed by atoms with van der Waals surface area (Å²) < 4.78 is 11.9. The largest absolute Gasteiger partial charge is 0.504 e. The van der Waals surface area contributed by atoms with Crippen LogP contribution in [0.3, 0.4) is 0 Å². The van der Waals surface area contributed by atoms with E-state index in [0.29, 0.717) is 35.0 Å². The number of aromatic hydroxyl groups is 2. The van der Waals surface area contributed by atoms with Gasteiger partial charge in [-0.1, -0.05) is 83.3 Å². The van der Waals surface area contributed by atoms with Crippen LogP contribution in [0.1, 0.15) is 83.1 Å². The summed E-state index contributed by atoms with van der Waals surface area (Å²) >= 11 is 0. The fourth-order valence-corrected chi connectivity index (χ4v) is 3.90. The third kappa shape index (κ3) is 5.81. The second-order valence-corrected chi connectivity index (χ2v) is 7.99. The van der Waals surface area contributed by atoms with Gasteiger partial charge in [0.2, 0.25) is 0 Å². The van der Waals surface area contributed by atoms with E-state index in [9.17, 15) is 10.2 Å². The van der Waals surface area contributed by atoms with Gasteiger partial charge in [-0.2, -0.15) is 0 Å². The van der Waals surface area contributed by atoms with E-state index < -0.39 is 0 Å². The molecule has 0 bridgehead atoms. The minimum absolute atomic E-state index is 0.0983. The average Bonchev–Trinajstić information content (AvgIpc) is 2.73. The summed E-state index contributed by atoms with van der Waals surface area (Å²) in [5, 5.41) is 20.5. The summed E-state index contributed by atoms with van der Waals surface area (Å²) in [5.41, 5.74) is 0.630. The van der Waals surface area contributed by atoms with E-state index in [2.05, 4.69) is 6.92 Å². The highest BCUT2D eigenvalue weighted by Gasteiger charge is 2.25. The van der Waals surface area contributed by atoms with Crippen LogP contribution in [-0.4, -0.2) is 10.2 Å². The summed E-state index contributed by atoms with van der Waals surface area (Å²) in [7, 11) is 0. The van der Waals surface area contributed by atoms with Crippen LogP contribution in [0.25, 0.3) is 0 Å². The topological polar surface area (TPSA) is 58.9 Å². The van der Waals surface area contributed by atoms with Gasteiger partial charge in [-0.3, -0.25) is 0 Å². The molecule has 0 saturated carbocycles. The highest BCUT2D eigenvalue weighted by molar-refractivity contribution is 5.64. The Bertz CT molecular complexity index is 785. The summed E-state index contributed by atoms with van der Waals surface area (Å²) in [5.74, 6) is 1.96. The molecule has 0 fully saturated rings. The van der Waals surface area contributed by atoms with Crippen LogP contribution < -0.4 is 9.47 Å². The number of hydrogen-bond acceptors (Lipinski definition) is 4. The Kier molecular flexibility index (Phi) is 8.09. The normalized spacial score (nSPS) is 12.0. The van der Waals surface area contributed by atoms with Crippen LogP contribution in [-0.2, 0) is 6.42 Å². The number of ether oxygens (including phenoxy) is 2. The van der Waals surface area contributed by atoms with Crippen molar-refractivity contribution in [3.63, 3.8) is 0 Å². The zero-order chi connectivity index (χ0) is 20.5. The van der Waals surface area contributed by atoms with Crippen LogP contribution in [0, 0.1) is 0 Å². The van der Waals surface area contributed by atoms with Gasteiger partial charge in [0, 0.05) is 11.6 Å². The molecule has 3 rings (SSSR count). The Hall–Kier alpha value is -2.36. The first-order valence-electron chi connectivity index (χ1n) is 11.2. The Balaban J connectivity index is 1.45. The molecule has 4 heteroatoms. The van der Waals surface area contributed by atoms with E-state index in [1.165, 1.54) is 63.9 Å². The lowest BCUT2D eigenvalue weighted by atomic mass is 10.0. The van der Waals surface area contributed by atoms with Crippen LogP contribution in [0.5, 0.6) is 34.5 Å². The van der Waals surface area contributed by atoms with Crippen molar-refractivity contribution in [2.75, 3.05) is 0 Å². The van der Waals surface area contributed by atoms with Crippen molar-refractivity contribution in [3.05, 3.63) is 35.9 Å². The van der Waals surface area contributed by atoms with Gasteiger partial charge in [-0.05, 0) is 25.0 Å². The van der Waals surface area contributed by atoms with E-state index in [4.69, 9.17) is 9.47 Å². The van der Waals surface area contributed by atoms with Crippen LogP contribution in [0.2, 0.25) is 0 Å². The molecular formula is C25H34O4. The maximum absolute atomic E-state index is 10.4. The number of unbranched alkanes of at least 4 members (excludes halogenated alkanes) is 10. The number of fused-ring (bicyclic) bond motifs is 2. The number of phenols is 2. The minimum Gasteiger partial charge on any atom is -0.504 e. The molecule has 0 atom stereocenters. The second-order valence-electron chi connectivity index (χ2n) is 7.99. The Labute approximate surface area is 174 Å². The molecule has 1 aliphatic rings. The molecule has 0 unspecified atom stereocenters. The number of rotatable bonds is 12. The molecule has 0 saturated heterocycles. The highest BCUT2D eigenvalue weighted by atomic mass is 16.6. The number of benzene rings is 2. The van der Waals surface area contributed by atoms with Crippen molar-refractivity contribution >= 4 is 0 Å².